The van der Waals surface area contributed by atoms with Crippen LogP contribution in [0.3, 0.4) is 0 Å². The van der Waals surface area contributed by atoms with Crippen molar-refractivity contribution in [2.75, 3.05) is 11.1 Å². The molecule has 1 aliphatic rings. The number of carbonyl (C=O) groups is 2. The van der Waals surface area contributed by atoms with Crippen LogP contribution in [0.25, 0.3) is 16.7 Å². The minimum atomic E-state index is -0.224. The average Bonchev–Trinajstić information content (AvgIpc) is 3.32. The van der Waals surface area contributed by atoms with Gasteiger partial charge in [0, 0.05) is 24.3 Å². The molecule has 0 saturated heterocycles. The van der Waals surface area contributed by atoms with Crippen molar-refractivity contribution in [3.05, 3.63) is 63.4 Å². The molecule has 0 atom stereocenters. The molecule has 0 aliphatic heterocycles. The fourth-order valence-electron chi connectivity index (χ4n) is 4.88. The van der Waals surface area contributed by atoms with Gasteiger partial charge in [0.25, 0.3) is 11.5 Å². The number of nitrogens with zero attached hydrogens (tertiary/aromatic N) is 4. The van der Waals surface area contributed by atoms with Crippen molar-refractivity contribution in [3.8, 4) is 0 Å². The van der Waals surface area contributed by atoms with Gasteiger partial charge in [0.15, 0.2) is 5.16 Å². The monoisotopic (exact) mass is 518 g/mol. The molecule has 37 heavy (non-hydrogen) atoms. The summed E-state index contributed by atoms with van der Waals surface area (Å²) in [6.45, 7) is 3.96. The van der Waals surface area contributed by atoms with Gasteiger partial charge in [0.2, 0.25) is 11.7 Å². The molecule has 5 rings (SSSR count). The number of aromatic nitrogens is 4. The summed E-state index contributed by atoms with van der Waals surface area (Å²) in [7, 11) is 1.64. The van der Waals surface area contributed by atoms with E-state index in [9.17, 15) is 14.4 Å². The van der Waals surface area contributed by atoms with Gasteiger partial charge in [-0.05, 0) is 56.5 Å². The molecule has 2 heterocycles. The van der Waals surface area contributed by atoms with Crippen molar-refractivity contribution in [1.82, 2.24) is 24.5 Å². The Kier molecular flexibility index (Phi) is 7.01. The third-order valence-electron chi connectivity index (χ3n) is 6.88. The molecule has 1 aliphatic carbocycles. The Morgan fingerprint density at radius 1 is 1.05 bits per heavy atom. The maximum absolute atomic E-state index is 13.0. The quantitative estimate of drug-likeness (QED) is 0.374. The van der Waals surface area contributed by atoms with E-state index in [1.165, 1.54) is 22.7 Å². The Morgan fingerprint density at radius 2 is 1.84 bits per heavy atom. The second-order valence-electron chi connectivity index (χ2n) is 9.68. The van der Waals surface area contributed by atoms with Gasteiger partial charge < -0.3 is 10.6 Å². The number of thioether (sulfide) groups is 1. The van der Waals surface area contributed by atoms with Crippen LogP contribution in [-0.4, -0.2) is 42.8 Å². The normalized spacial score (nSPS) is 14.2. The Morgan fingerprint density at radius 3 is 2.59 bits per heavy atom. The molecule has 0 unspecified atom stereocenters. The van der Waals surface area contributed by atoms with E-state index in [0.29, 0.717) is 27.4 Å². The van der Waals surface area contributed by atoms with Crippen molar-refractivity contribution in [2.24, 2.45) is 7.05 Å². The first kappa shape index (κ1) is 25.0. The van der Waals surface area contributed by atoms with Crippen LogP contribution in [0.2, 0.25) is 0 Å². The number of carbonyl (C=O) groups excluding carboxylic acids is 2. The van der Waals surface area contributed by atoms with E-state index in [1.807, 2.05) is 32.0 Å². The Hall–Kier alpha value is -3.66. The molecule has 9 nitrogen and oxygen atoms in total. The van der Waals surface area contributed by atoms with Crippen LogP contribution in [0.5, 0.6) is 0 Å². The van der Waals surface area contributed by atoms with Gasteiger partial charge >= 0.3 is 0 Å². The van der Waals surface area contributed by atoms with Gasteiger partial charge in [0.05, 0.1) is 16.7 Å². The molecule has 2 N–H and O–H groups in total. The highest BCUT2D eigenvalue weighted by Crippen LogP contribution is 2.24. The van der Waals surface area contributed by atoms with E-state index in [2.05, 4.69) is 20.8 Å². The molecule has 4 aromatic rings. The topological polar surface area (TPSA) is 110 Å². The summed E-state index contributed by atoms with van der Waals surface area (Å²) in [5.74, 6) is 0.132. The maximum atomic E-state index is 13.0. The number of fused-ring (bicyclic) bond motifs is 3. The molecule has 192 valence electrons. The molecule has 0 radical (unpaired) electrons. The summed E-state index contributed by atoms with van der Waals surface area (Å²) in [5, 5.41) is 15.5. The fraction of sp³-hybridized carbons (Fsp3) is 0.370. The summed E-state index contributed by atoms with van der Waals surface area (Å²) in [6.07, 6.45) is 5.43. The van der Waals surface area contributed by atoms with Crippen LogP contribution in [0.4, 0.5) is 5.69 Å². The van der Waals surface area contributed by atoms with Crippen molar-refractivity contribution < 1.29 is 9.59 Å². The SMILES string of the molecule is Cc1ccc(NC(=O)CSc2nnc3n(C)c(=O)c4ccc(C(=O)NC5CCCCC5)cc4n23)c(C)c1. The zero-order chi connectivity index (χ0) is 26.1. The predicted molar refractivity (Wildman–Crippen MR) is 145 cm³/mol. The fourth-order valence-corrected chi connectivity index (χ4v) is 5.62. The van der Waals surface area contributed by atoms with Crippen molar-refractivity contribution in [2.45, 2.75) is 57.1 Å². The van der Waals surface area contributed by atoms with E-state index < -0.39 is 0 Å². The predicted octanol–water partition coefficient (Wildman–Crippen LogP) is 3.99. The summed E-state index contributed by atoms with van der Waals surface area (Å²) >= 11 is 1.23. The van der Waals surface area contributed by atoms with Gasteiger partial charge in [-0.1, -0.05) is 48.7 Å². The molecule has 0 spiro atoms. The Labute approximate surface area is 218 Å². The summed E-state index contributed by atoms with van der Waals surface area (Å²) in [6, 6.07) is 11.1. The Balaban J connectivity index is 1.43. The summed E-state index contributed by atoms with van der Waals surface area (Å²) in [4.78, 5) is 38.7. The highest BCUT2D eigenvalue weighted by molar-refractivity contribution is 7.99. The molecule has 0 bridgehead atoms. The highest BCUT2D eigenvalue weighted by atomic mass is 32.2. The van der Waals surface area contributed by atoms with Crippen molar-refractivity contribution >= 4 is 45.9 Å². The third-order valence-corrected chi connectivity index (χ3v) is 7.81. The maximum Gasteiger partial charge on any atom is 0.262 e. The molecule has 2 aromatic carbocycles. The average molecular weight is 519 g/mol. The number of hydrogen-bond donors (Lipinski definition) is 2. The lowest BCUT2D eigenvalue weighted by atomic mass is 9.95. The van der Waals surface area contributed by atoms with Crippen LogP contribution in [0.15, 0.2) is 46.3 Å². The van der Waals surface area contributed by atoms with E-state index in [4.69, 9.17) is 0 Å². The van der Waals surface area contributed by atoms with Crippen LogP contribution in [0, 0.1) is 13.8 Å². The van der Waals surface area contributed by atoms with Crippen LogP contribution in [-0.2, 0) is 11.8 Å². The first-order chi connectivity index (χ1) is 17.8. The number of hydrogen-bond acceptors (Lipinski definition) is 6. The first-order valence-electron chi connectivity index (χ1n) is 12.5. The number of benzene rings is 2. The molecular formula is C27H30N6O3S. The van der Waals surface area contributed by atoms with E-state index in [0.717, 1.165) is 42.5 Å². The zero-order valence-electron chi connectivity index (χ0n) is 21.2. The van der Waals surface area contributed by atoms with Crippen molar-refractivity contribution in [3.63, 3.8) is 0 Å². The summed E-state index contributed by atoms with van der Waals surface area (Å²) < 4.78 is 3.17. The second-order valence-corrected chi connectivity index (χ2v) is 10.6. The lowest BCUT2D eigenvalue weighted by Crippen LogP contribution is -2.36. The standard InChI is InChI=1S/C27H30N6O3S/c1-16-9-12-21(17(2)13-16)29-23(34)15-37-27-31-30-26-32(3)25(36)20-11-10-18(14-22(20)33(26)27)24(35)28-19-7-5-4-6-8-19/h9-14,19H,4-8,15H2,1-3H3,(H,28,35)(H,29,34). The molecule has 1 saturated carbocycles. The van der Waals surface area contributed by atoms with Gasteiger partial charge in [-0.15, -0.1) is 10.2 Å². The summed E-state index contributed by atoms with van der Waals surface area (Å²) in [5.41, 5.74) is 3.68. The minimum Gasteiger partial charge on any atom is -0.349 e. The first-order valence-corrected chi connectivity index (χ1v) is 13.5. The number of aryl methyl sites for hydroxylation is 3. The highest BCUT2D eigenvalue weighted by Gasteiger charge is 2.20. The van der Waals surface area contributed by atoms with E-state index in [-0.39, 0.29) is 29.2 Å². The Bertz CT molecular complexity index is 1570. The third kappa shape index (κ3) is 5.11. The molecule has 10 heteroatoms. The number of amides is 2. The number of nitrogens with one attached hydrogen (secondary N) is 2. The molecule has 2 amide bonds. The number of anilines is 1. The van der Waals surface area contributed by atoms with E-state index in [1.54, 1.807) is 29.6 Å². The second kappa shape index (κ2) is 10.4. The van der Waals surface area contributed by atoms with E-state index >= 15 is 0 Å². The van der Waals surface area contributed by atoms with Crippen LogP contribution >= 0.6 is 11.8 Å². The number of rotatable bonds is 6. The lowest BCUT2D eigenvalue weighted by Gasteiger charge is -2.22. The molecule has 2 aromatic heterocycles. The van der Waals surface area contributed by atoms with Gasteiger partial charge in [0.1, 0.15) is 0 Å². The van der Waals surface area contributed by atoms with Crippen LogP contribution in [0.1, 0.15) is 53.6 Å². The molecule has 1 fully saturated rings. The smallest absolute Gasteiger partial charge is 0.262 e. The lowest BCUT2D eigenvalue weighted by molar-refractivity contribution is -0.113. The largest absolute Gasteiger partial charge is 0.349 e. The van der Waals surface area contributed by atoms with Gasteiger partial charge in [-0.2, -0.15) is 0 Å². The van der Waals surface area contributed by atoms with Crippen LogP contribution < -0.4 is 16.2 Å². The minimum absolute atomic E-state index is 0.111. The van der Waals surface area contributed by atoms with Gasteiger partial charge in [-0.25, -0.2) is 0 Å². The van der Waals surface area contributed by atoms with Gasteiger partial charge in [-0.3, -0.25) is 23.4 Å². The van der Waals surface area contributed by atoms with Crippen molar-refractivity contribution in [1.29, 1.82) is 0 Å². The molecular weight excluding hydrogens is 488 g/mol. The zero-order valence-corrected chi connectivity index (χ0v) is 22.0.